The van der Waals surface area contributed by atoms with Crippen LogP contribution in [0.2, 0.25) is 0 Å². The quantitative estimate of drug-likeness (QED) is 0.392. The average molecular weight is 420 g/mol. The summed E-state index contributed by atoms with van der Waals surface area (Å²) in [6.45, 7) is 5.98. The Morgan fingerprint density at radius 3 is 2.59 bits per heavy atom. The summed E-state index contributed by atoms with van der Waals surface area (Å²) in [5, 5.41) is 16.1. The molecule has 2 heterocycles. The Bertz CT molecular complexity index is 1110. The van der Waals surface area contributed by atoms with E-state index in [2.05, 4.69) is 35.3 Å². The first-order valence-electron chi connectivity index (χ1n) is 8.98. The Balaban J connectivity index is 1.92. The zero-order valence-electron chi connectivity index (χ0n) is 16.7. The van der Waals surface area contributed by atoms with Crippen LogP contribution in [0.25, 0.3) is 11.2 Å². The molecule has 0 bridgehead atoms. The Morgan fingerprint density at radius 2 is 1.93 bits per heavy atom. The molecule has 0 aliphatic carbocycles. The lowest BCUT2D eigenvalue weighted by Gasteiger charge is -2.30. The monoisotopic (exact) mass is 419 g/mol. The summed E-state index contributed by atoms with van der Waals surface area (Å²) >= 11 is 0. The molecule has 10 nitrogen and oxygen atoms in total. The van der Waals surface area contributed by atoms with Crippen molar-refractivity contribution in [3.05, 3.63) is 30.6 Å². The molecule has 0 unspecified atom stereocenters. The molecule has 0 radical (unpaired) electrons. The largest absolute Gasteiger partial charge is 0.394 e. The van der Waals surface area contributed by atoms with Crippen LogP contribution in [-0.4, -0.2) is 52.4 Å². The molecule has 0 saturated carbocycles. The maximum atomic E-state index is 11.4. The van der Waals surface area contributed by atoms with Crippen molar-refractivity contribution in [2.24, 2.45) is 5.41 Å². The molecule has 0 saturated heterocycles. The van der Waals surface area contributed by atoms with Crippen molar-refractivity contribution in [2.75, 3.05) is 28.2 Å². The van der Waals surface area contributed by atoms with Crippen molar-refractivity contribution in [1.82, 2.24) is 19.9 Å². The second kappa shape index (κ2) is 7.84. The van der Waals surface area contributed by atoms with E-state index in [0.717, 1.165) is 6.26 Å². The molecule has 3 aromatic rings. The van der Waals surface area contributed by atoms with Crippen LogP contribution in [0.3, 0.4) is 0 Å². The molecule has 11 heteroatoms. The predicted octanol–water partition coefficient (Wildman–Crippen LogP) is 2.29. The fraction of sp³-hybridized carbons (Fsp3) is 0.389. The van der Waals surface area contributed by atoms with Gasteiger partial charge in [-0.1, -0.05) is 26.8 Å². The summed E-state index contributed by atoms with van der Waals surface area (Å²) in [6.07, 6.45) is 2.61. The maximum Gasteiger partial charge on any atom is 0.231 e. The van der Waals surface area contributed by atoms with Gasteiger partial charge in [-0.25, -0.2) is 13.4 Å². The highest BCUT2D eigenvalue weighted by Gasteiger charge is 2.25. The van der Waals surface area contributed by atoms with E-state index in [1.165, 1.54) is 6.33 Å². The average Bonchev–Trinajstić information content (AvgIpc) is 3.06. The molecular formula is C18H25N7O3S. The molecule has 1 atom stereocenters. The van der Waals surface area contributed by atoms with Crippen LogP contribution >= 0.6 is 0 Å². The Morgan fingerprint density at radius 1 is 1.21 bits per heavy atom. The van der Waals surface area contributed by atoms with E-state index in [0.29, 0.717) is 34.3 Å². The SMILES string of the molecule is CC(C)(C)[C@@H](CO)Nc1nc(Nc2cccc(NS(C)(=O)=O)c2)nc2[nH]cnc12. The second-order valence-electron chi connectivity index (χ2n) is 7.82. The van der Waals surface area contributed by atoms with Gasteiger partial charge in [0.25, 0.3) is 0 Å². The Labute approximate surface area is 169 Å². The molecule has 3 rings (SSSR count). The number of fused-ring (bicyclic) bond motifs is 1. The highest BCUT2D eigenvalue weighted by atomic mass is 32.2. The number of hydrogen-bond donors (Lipinski definition) is 5. The lowest BCUT2D eigenvalue weighted by molar-refractivity contribution is 0.201. The smallest absolute Gasteiger partial charge is 0.231 e. The van der Waals surface area contributed by atoms with Crippen molar-refractivity contribution < 1.29 is 13.5 Å². The van der Waals surface area contributed by atoms with Crippen molar-refractivity contribution in [3.8, 4) is 0 Å². The first-order valence-corrected chi connectivity index (χ1v) is 10.9. The molecular weight excluding hydrogens is 394 g/mol. The molecule has 1 aromatic carbocycles. The number of aliphatic hydroxyl groups excluding tert-OH is 1. The summed E-state index contributed by atoms with van der Waals surface area (Å²) in [7, 11) is -3.38. The fourth-order valence-corrected chi connectivity index (χ4v) is 3.25. The van der Waals surface area contributed by atoms with Crippen molar-refractivity contribution >= 4 is 44.3 Å². The van der Waals surface area contributed by atoms with E-state index in [9.17, 15) is 13.5 Å². The number of rotatable bonds is 7. The zero-order chi connectivity index (χ0) is 21.2. The predicted molar refractivity (Wildman–Crippen MR) is 114 cm³/mol. The Kier molecular flexibility index (Phi) is 5.62. The van der Waals surface area contributed by atoms with Gasteiger partial charge in [-0.05, 0) is 23.6 Å². The minimum absolute atomic E-state index is 0.0681. The normalized spacial score (nSPS) is 13.3. The summed E-state index contributed by atoms with van der Waals surface area (Å²) in [5.74, 6) is 0.782. The standard InChI is InChI=1S/C18H25N7O3S/c1-18(2,3)13(9-26)22-16-14-15(20-10-19-14)23-17(24-16)21-11-6-5-7-12(8-11)25-29(4,27)28/h5-8,10,13,25-26H,9H2,1-4H3,(H3,19,20,21,22,23,24)/t13-/m1/s1. The van der Waals surface area contributed by atoms with E-state index in [4.69, 9.17) is 0 Å². The molecule has 29 heavy (non-hydrogen) atoms. The number of imidazole rings is 1. The van der Waals surface area contributed by atoms with E-state index in [1.54, 1.807) is 24.3 Å². The van der Waals surface area contributed by atoms with Crippen LogP contribution in [0.15, 0.2) is 30.6 Å². The minimum Gasteiger partial charge on any atom is -0.394 e. The van der Waals surface area contributed by atoms with Gasteiger partial charge in [-0.2, -0.15) is 9.97 Å². The van der Waals surface area contributed by atoms with Crippen molar-refractivity contribution in [2.45, 2.75) is 26.8 Å². The van der Waals surface area contributed by atoms with Crippen LogP contribution in [-0.2, 0) is 10.0 Å². The summed E-state index contributed by atoms with van der Waals surface area (Å²) < 4.78 is 25.3. The topological polar surface area (TPSA) is 145 Å². The number of aromatic amines is 1. The van der Waals surface area contributed by atoms with E-state index >= 15 is 0 Å². The molecule has 0 spiro atoms. The van der Waals surface area contributed by atoms with Gasteiger partial charge in [0, 0.05) is 5.69 Å². The molecule has 2 aromatic heterocycles. The number of aliphatic hydroxyl groups is 1. The lowest BCUT2D eigenvalue weighted by Crippen LogP contribution is -2.37. The van der Waals surface area contributed by atoms with Gasteiger partial charge in [-0.3, -0.25) is 4.72 Å². The van der Waals surface area contributed by atoms with Gasteiger partial charge in [0.2, 0.25) is 16.0 Å². The molecule has 156 valence electrons. The van der Waals surface area contributed by atoms with Gasteiger partial charge >= 0.3 is 0 Å². The van der Waals surface area contributed by atoms with Crippen LogP contribution in [0.5, 0.6) is 0 Å². The number of nitrogens with zero attached hydrogens (tertiary/aromatic N) is 3. The number of anilines is 4. The highest BCUT2D eigenvalue weighted by molar-refractivity contribution is 7.92. The third kappa shape index (κ3) is 5.33. The summed E-state index contributed by atoms with van der Waals surface area (Å²) in [4.78, 5) is 16.1. The van der Waals surface area contributed by atoms with Gasteiger partial charge in [0.1, 0.15) is 5.52 Å². The van der Waals surface area contributed by atoms with Crippen LogP contribution < -0.4 is 15.4 Å². The third-order valence-corrected chi connectivity index (χ3v) is 4.85. The first kappa shape index (κ1) is 20.8. The lowest BCUT2D eigenvalue weighted by atomic mass is 9.87. The number of sulfonamides is 1. The van der Waals surface area contributed by atoms with E-state index < -0.39 is 10.0 Å². The van der Waals surface area contributed by atoms with E-state index in [-0.39, 0.29) is 18.1 Å². The third-order valence-electron chi connectivity index (χ3n) is 4.24. The molecule has 0 amide bonds. The first-order chi connectivity index (χ1) is 13.5. The van der Waals surface area contributed by atoms with Crippen molar-refractivity contribution in [3.63, 3.8) is 0 Å². The van der Waals surface area contributed by atoms with Crippen LogP contribution in [0.1, 0.15) is 20.8 Å². The molecule has 0 fully saturated rings. The number of benzene rings is 1. The van der Waals surface area contributed by atoms with Crippen molar-refractivity contribution in [1.29, 1.82) is 0 Å². The minimum atomic E-state index is -3.38. The van der Waals surface area contributed by atoms with E-state index in [1.807, 2.05) is 20.8 Å². The summed E-state index contributed by atoms with van der Waals surface area (Å²) in [6, 6.07) is 6.53. The number of H-pyrrole nitrogens is 1. The summed E-state index contributed by atoms with van der Waals surface area (Å²) in [5.41, 5.74) is 1.91. The van der Waals surface area contributed by atoms with Gasteiger partial charge in [0.15, 0.2) is 11.5 Å². The molecule has 5 N–H and O–H groups in total. The van der Waals surface area contributed by atoms with Gasteiger partial charge < -0.3 is 20.7 Å². The number of aromatic nitrogens is 4. The second-order valence-corrected chi connectivity index (χ2v) is 9.57. The Hall–Kier alpha value is -2.92. The highest BCUT2D eigenvalue weighted by Crippen LogP contribution is 2.27. The van der Waals surface area contributed by atoms with Gasteiger partial charge in [-0.15, -0.1) is 0 Å². The van der Waals surface area contributed by atoms with Crippen LogP contribution in [0, 0.1) is 5.41 Å². The van der Waals surface area contributed by atoms with Gasteiger partial charge in [0.05, 0.1) is 30.9 Å². The molecule has 0 aliphatic rings. The van der Waals surface area contributed by atoms with Crippen LogP contribution in [0.4, 0.5) is 23.1 Å². The zero-order valence-corrected chi connectivity index (χ0v) is 17.5. The maximum absolute atomic E-state index is 11.4. The number of nitrogens with one attached hydrogen (secondary N) is 4. The fourth-order valence-electron chi connectivity index (χ4n) is 2.70. The number of hydrogen-bond acceptors (Lipinski definition) is 8. The molecule has 0 aliphatic heterocycles.